The summed E-state index contributed by atoms with van der Waals surface area (Å²) < 4.78 is 6.14. The van der Waals surface area contributed by atoms with Gasteiger partial charge in [-0.2, -0.15) is 0 Å². The van der Waals surface area contributed by atoms with E-state index < -0.39 is 0 Å². The molecule has 0 amide bonds. The van der Waals surface area contributed by atoms with Gasteiger partial charge < -0.3 is 19.9 Å². The Morgan fingerprint density at radius 2 is 1.94 bits per heavy atom. The predicted molar refractivity (Wildman–Crippen MR) is 141 cm³/mol. The molecule has 170 valence electrons. The maximum atomic E-state index is 6.14. The Kier molecular flexibility index (Phi) is 7.70. The molecule has 0 saturated carbocycles. The van der Waals surface area contributed by atoms with Crippen LogP contribution in [0.3, 0.4) is 0 Å². The first-order valence-corrected chi connectivity index (χ1v) is 11.2. The summed E-state index contributed by atoms with van der Waals surface area (Å²) in [6.45, 7) is 5.46. The van der Waals surface area contributed by atoms with Gasteiger partial charge in [-0.3, -0.25) is 9.89 Å². The molecule has 5 rings (SSSR count). The number of hydrogen-bond donors (Lipinski definition) is 2. The highest BCUT2D eigenvalue weighted by Crippen LogP contribution is 2.25. The molecule has 2 atom stereocenters. The van der Waals surface area contributed by atoms with E-state index in [9.17, 15) is 0 Å². The number of rotatable bonds is 5. The Balaban J connectivity index is 0.00000245. The third-order valence-electron chi connectivity index (χ3n) is 6.51. The number of halogens is 1. The van der Waals surface area contributed by atoms with E-state index in [2.05, 4.69) is 85.9 Å². The topological polar surface area (TPSA) is 55.9 Å². The van der Waals surface area contributed by atoms with E-state index in [1.807, 2.05) is 7.05 Å². The third kappa shape index (κ3) is 4.94. The van der Waals surface area contributed by atoms with Gasteiger partial charge in [-0.25, -0.2) is 0 Å². The van der Waals surface area contributed by atoms with Crippen LogP contribution >= 0.6 is 24.0 Å². The van der Waals surface area contributed by atoms with Crippen LogP contribution in [0.25, 0.3) is 10.9 Å². The fraction of sp³-hybridized carbons (Fsp3) is 0.400. The molecule has 7 heteroatoms. The van der Waals surface area contributed by atoms with Crippen molar-refractivity contribution < 1.29 is 4.74 Å². The number of fused-ring (bicyclic) bond motifs is 2. The van der Waals surface area contributed by atoms with E-state index in [4.69, 9.17) is 4.74 Å². The molecule has 3 heterocycles. The van der Waals surface area contributed by atoms with Crippen molar-refractivity contribution >= 4 is 40.8 Å². The number of aromatic amines is 1. The van der Waals surface area contributed by atoms with Gasteiger partial charge in [-0.05, 0) is 23.6 Å². The molecule has 1 aromatic heterocycles. The van der Waals surface area contributed by atoms with Crippen LogP contribution in [0.4, 0.5) is 0 Å². The number of ether oxygens (including phenoxy) is 1. The second-order valence-corrected chi connectivity index (χ2v) is 8.42. The monoisotopic (exact) mass is 545 g/mol. The van der Waals surface area contributed by atoms with E-state index in [1.54, 1.807) is 0 Å². The molecule has 0 aliphatic carbocycles. The van der Waals surface area contributed by atoms with Gasteiger partial charge >= 0.3 is 0 Å². The molecular weight excluding hydrogens is 513 g/mol. The zero-order valence-electron chi connectivity index (χ0n) is 18.5. The van der Waals surface area contributed by atoms with Crippen molar-refractivity contribution in [3.05, 3.63) is 71.9 Å². The second-order valence-electron chi connectivity index (χ2n) is 8.42. The zero-order chi connectivity index (χ0) is 21.0. The van der Waals surface area contributed by atoms with Crippen LogP contribution < -0.4 is 5.32 Å². The molecule has 2 saturated heterocycles. The predicted octanol–water partition coefficient (Wildman–Crippen LogP) is 3.49. The molecule has 0 bridgehead atoms. The van der Waals surface area contributed by atoms with Crippen molar-refractivity contribution in [1.29, 1.82) is 0 Å². The van der Waals surface area contributed by atoms with Crippen molar-refractivity contribution in [2.45, 2.75) is 25.1 Å². The van der Waals surface area contributed by atoms with E-state index >= 15 is 0 Å². The van der Waals surface area contributed by atoms with Gasteiger partial charge in [0.05, 0.1) is 18.8 Å². The minimum atomic E-state index is 0. The number of hydrogen-bond acceptors (Lipinski definition) is 3. The molecule has 0 spiro atoms. The Labute approximate surface area is 207 Å². The standard InChI is InChI=1S/C25H31N5O.HI/c1-26-25(27-12-11-20-15-28-22-10-6-5-9-21(20)22)30-17-23-24(18-30)31-14-13-29(23)16-19-7-3-2-4-8-19;/h2-10,15,23-24,28H,11-14,16-18H2,1H3,(H,26,27);1H. The Morgan fingerprint density at radius 3 is 2.78 bits per heavy atom. The third-order valence-corrected chi connectivity index (χ3v) is 6.51. The second kappa shape index (κ2) is 10.7. The minimum absolute atomic E-state index is 0. The van der Waals surface area contributed by atoms with E-state index in [0.29, 0.717) is 6.04 Å². The molecule has 2 unspecified atom stereocenters. The molecule has 3 aromatic rings. The van der Waals surface area contributed by atoms with Crippen molar-refractivity contribution in [1.82, 2.24) is 20.1 Å². The number of nitrogens with zero attached hydrogens (tertiary/aromatic N) is 3. The quantitative estimate of drug-likeness (QED) is 0.293. The van der Waals surface area contributed by atoms with E-state index in [-0.39, 0.29) is 30.1 Å². The summed E-state index contributed by atoms with van der Waals surface area (Å²) in [4.78, 5) is 12.9. The van der Waals surface area contributed by atoms with Gasteiger partial charge in [-0.1, -0.05) is 48.5 Å². The van der Waals surface area contributed by atoms with E-state index in [0.717, 1.165) is 51.7 Å². The fourth-order valence-electron chi connectivity index (χ4n) is 4.93. The maximum Gasteiger partial charge on any atom is 0.193 e. The lowest BCUT2D eigenvalue weighted by atomic mass is 10.1. The van der Waals surface area contributed by atoms with Crippen LogP contribution in [0.5, 0.6) is 0 Å². The number of benzene rings is 2. The first-order chi connectivity index (χ1) is 15.3. The highest BCUT2D eigenvalue weighted by atomic mass is 127. The van der Waals surface area contributed by atoms with Gasteiger partial charge in [0.15, 0.2) is 5.96 Å². The molecule has 0 radical (unpaired) electrons. The number of H-pyrrole nitrogens is 1. The average Bonchev–Trinajstić information content (AvgIpc) is 3.42. The summed E-state index contributed by atoms with van der Waals surface area (Å²) in [7, 11) is 1.87. The molecule has 2 fully saturated rings. The first-order valence-electron chi connectivity index (χ1n) is 11.2. The lowest BCUT2D eigenvalue weighted by molar-refractivity contribution is -0.0502. The summed E-state index contributed by atoms with van der Waals surface area (Å²) in [5, 5.41) is 4.88. The first kappa shape index (κ1) is 23.1. The Hall–Kier alpha value is -2.10. The number of morpholine rings is 1. The minimum Gasteiger partial charge on any atom is -0.373 e. The van der Waals surface area contributed by atoms with Gasteiger partial charge in [0.1, 0.15) is 0 Å². The summed E-state index contributed by atoms with van der Waals surface area (Å²) in [5.74, 6) is 0.970. The van der Waals surface area contributed by atoms with Crippen LogP contribution in [0.1, 0.15) is 11.1 Å². The zero-order valence-corrected chi connectivity index (χ0v) is 20.9. The Bertz CT molecular complexity index is 1040. The highest BCUT2D eigenvalue weighted by Gasteiger charge is 2.41. The van der Waals surface area contributed by atoms with Gasteiger partial charge in [0, 0.05) is 56.9 Å². The smallest absolute Gasteiger partial charge is 0.193 e. The molecule has 2 aliphatic heterocycles. The summed E-state index contributed by atoms with van der Waals surface area (Å²) in [6, 6.07) is 19.6. The van der Waals surface area contributed by atoms with Crippen LogP contribution in [-0.4, -0.2) is 72.7 Å². The largest absolute Gasteiger partial charge is 0.373 e. The van der Waals surface area contributed by atoms with Gasteiger partial charge in [-0.15, -0.1) is 24.0 Å². The van der Waals surface area contributed by atoms with Crippen molar-refractivity contribution in [2.75, 3.05) is 39.8 Å². The number of nitrogens with one attached hydrogen (secondary N) is 2. The fourth-order valence-corrected chi connectivity index (χ4v) is 4.93. The molecular formula is C25H32IN5O. The van der Waals surface area contributed by atoms with Gasteiger partial charge in [0.25, 0.3) is 0 Å². The number of guanidine groups is 1. The van der Waals surface area contributed by atoms with Crippen LogP contribution in [0.15, 0.2) is 65.8 Å². The number of para-hydroxylation sites is 1. The molecule has 2 aliphatic rings. The van der Waals surface area contributed by atoms with Gasteiger partial charge in [0.2, 0.25) is 0 Å². The number of aromatic nitrogens is 1. The Morgan fingerprint density at radius 1 is 1.12 bits per heavy atom. The van der Waals surface area contributed by atoms with Crippen molar-refractivity contribution in [2.24, 2.45) is 4.99 Å². The lowest BCUT2D eigenvalue weighted by Crippen LogP contribution is -2.50. The number of likely N-dealkylation sites (tertiary alicyclic amines) is 1. The molecule has 2 N–H and O–H groups in total. The van der Waals surface area contributed by atoms with Crippen molar-refractivity contribution in [3.8, 4) is 0 Å². The summed E-state index contributed by atoms with van der Waals surface area (Å²) >= 11 is 0. The van der Waals surface area contributed by atoms with Crippen molar-refractivity contribution in [3.63, 3.8) is 0 Å². The average molecular weight is 545 g/mol. The highest BCUT2D eigenvalue weighted by molar-refractivity contribution is 14.0. The molecule has 32 heavy (non-hydrogen) atoms. The normalized spacial score (nSPS) is 21.4. The molecule has 2 aromatic carbocycles. The summed E-state index contributed by atoms with van der Waals surface area (Å²) in [6.07, 6.45) is 3.32. The SMILES string of the molecule is CN=C(NCCc1c[nH]c2ccccc12)N1CC2OCCN(Cc3ccccc3)C2C1.I. The lowest BCUT2D eigenvalue weighted by Gasteiger charge is -2.36. The van der Waals surface area contributed by atoms with Crippen LogP contribution in [0, 0.1) is 0 Å². The summed E-state index contributed by atoms with van der Waals surface area (Å²) in [5.41, 5.74) is 3.90. The molecule has 6 nitrogen and oxygen atoms in total. The maximum absolute atomic E-state index is 6.14. The van der Waals surface area contributed by atoms with E-state index in [1.165, 1.54) is 22.0 Å². The van der Waals surface area contributed by atoms with Crippen LogP contribution in [0.2, 0.25) is 0 Å². The number of aliphatic imine (C=N–C) groups is 1. The van der Waals surface area contributed by atoms with Crippen LogP contribution in [-0.2, 0) is 17.7 Å².